The molecule has 1 atom stereocenters. The van der Waals surface area contributed by atoms with Gasteiger partial charge in [-0.1, -0.05) is 110 Å². The molecule has 1 unspecified atom stereocenters. The number of hydrogen-bond donors (Lipinski definition) is 2. The molecule has 0 aliphatic rings. The molecule has 0 radical (unpaired) electrons. The minimum atomic E-state index is -0.0652. The monoisotopic (exact) mass is 548 g/mol. The summed E-state index contributed by atoms with van der Waals surface area (Å²) >= 11 is 0. The van der Waals surface area contributed by atoms with E-state index in [-0.39, 0.29) is 12.5 Å². The highest BCUT2D eigenvalue weighted by atomic mass is 16.5. The van der Waals surface area contributed by atoms with Crippen LogP contribution in [0.25, 0.3) is 0 Å². The van der Waals surface area contributed by atoms with Gasteiger partial charge in [0.1, 0.15) is 6.61 Å². The highest BCUT2D eigenvalue weighted by Crippen LogP contribution is 2.20. The van der Waals surface area contributed by atoms with E-state index in [2.05, 4.69) is 44.6 Å². The average molecular weight is 549 g/mol. The highest BCUT2D eigenvalue weighted by Gasteiger charge is 2.11. The molecule has 0 aromatic heterocycles. The molecule has 2 N–H and O–H groups in total. The van der Waals surface area contributed by atoms with Gasteiger partial charge in [-0.05, 0) is 63.6 Å². The Balaban J connectivity index is 3.61. The smallest absolute Gasteiger partial charge is 0.246 e. The number of unbranched alkanes of at least 4 members (excludes halogenated alkanes) is 10. The molecule has 0 fully saturated rings. The first-order chi connectivity index (χ1) is 19.0. The number of amides is 1. The van der Waals surface area contributed by atoms with E-state index in [1.54, 1.807) is 0 Å². The summed E-state index contributed by atoms with van der Waals surface area (Å²) in [6.45, 7) is 17.9. The predicted molar refractivity (Wildman–Crippen MR) is 169 cm³/mol. The third-order valence-electron chi connectivity index (χ3n) is 6.86. The van der Waals surface area contributed by atoms with Crippen LogP contribution in [0.15, 0.2) is 36.6 Å². The van der Waals surface area contributed by atoms with E-state index in [0.717, 1.165) is 43.7 Å². The van der Waals surface area contributed by atoms with Crippen molar-refractivity contribution in [3.05, 3.63) is 36.6 Å². The molecule has 5 heteroatoms. The molecular formula is C34H64N2O3. The molecular weight excluding hydrogens is 484 g/mol. The van der Waals surface area contributed by atoms with E-state index in [1.165, 1.54) is 96.3 Å². The lowest BCUT2D eigenvalue weighted by molar-refractivity contribution is -0.125. The predicted octanol–water partition coefficient (Wildman–Crippen LogP) is 8.80. The van der Waals surface area contributed by atoms with Gasteiger partial charge in [-0.2, -0.15) is 0 Å². The second-order valence-electron chi connectivity index (χ2n) is 10.9. The zero-order valence-electron chi connectivity index (χ0n) is 26.1. The highest BCUT2D eigenvalue weighted by molar-refractivity contribution is 5.77. The fourth-order valence-corrected chi connectivity index (χ4v) is 4.47. The molecule has 228 valence electrons. The van der Waals surface area contributed by atoms with E-state index in [4.69, 9.17) is 9.47 Å². The Kier molecular flexibility index (Phi) is 28.2. The van der Waals surface area contributed by atoms with Gasteiger partial charge in [0.15, 0.2) is 0 Å². The Morgan fingerprint density at radius 2 is 1.38 bits per heavy atom. The van der Waals surface area contributed by atoms with Crippen LogP contribution in [-0.4, -0.2) is 44.9 Å². The maximum atomic E-state index is 11.8. The zero-order chi connectivity index (χ0) is 28.8. The molecule has 0 heterocycles. The van der Waals surface area contributed by atoms with Crippen LogP contribution in [-0.2, 0) is 14.3 Å². The van der Waals surface area contributed by atoms with Gasteiger partial charge in [0.25, 0.3) is 0 Å². The minimum Gasteiger partial charge on any atom is -0.495 e. The van der Waals surface area contributed by atoms with Crippen LogP contribution in [0.4, 0.5) is 0 Å². The Bertz CT molecular complexity index is 618. The van der Waals surface area contributed by atoms with Gasteiger partial charge in [-0.3, -0.25) is 4.79 Å². The number of carbonyl (C=O) groups excluding carboxylic acids is 1. The van der Waals surface area contributed by atoms with Crippen molar-refractivity contribution in [3.63, 3.8) is 0 Å². The maximum Gasteiger partial charge on any atom is 0.246 e. The molecule has 0 aromatic carbocycles. The summed E-state index contributed by atoms with van der Waals surface area (Å²) in [6, 6.07) is 0. The van der Waals surface area contributed by atoms with Crippen molar-refractivity contribution < 1.29 is 14.3 Å². The van der Waals surface area contributed by atoms with Gasteiger partial charge in [0, 0.05) is 13.0 Å². The number of carbonyl (C=O) groups is 1. The SMILES string of the molecule is C=C(/C=C\CC)COCC(=O)NCCCNCCCCCCCC(=C)OC(CCCC)CCCCCCCC. The Morgan fingerprint density at radius 3 is 2.13 bits per heavy atom. The Hall–Kier alpha value is -1.59. The van der Waals surface area contributed by atoms with E-state index < -0.39 is 0 Å². The zero-order valence-corrected chi connectivity index (χ0v) is 26.1. The first kappa shape index (κ1) is 37.4. The molecule has 0 bridgehead atoms. The first-order valence-corrected chi connectivity index (χ1v) is 16.3. The average Bonchev–Trinajstić information content (AvgIpc) is 2.92. The fourth-order valence-electron chi connectivity index (χ4n) is 4.47. The lowest BCUT2D eigenvalue weighted by atomic mass is 10.0. The normalized spacial score (nSPS) is 12.1. The lowest BCUT2D eigenvalue weighted by Gasteiger charge is -2.20. The second kappa shape index (κ2) is 29.4. The third kappa shape index (κ3) is 27.8. The summed E-state index contributed by atoms with van der Waals surface area (Å²) in [7, 11) is 0. The molecule has 0 rings (SSSR count). The first-order valence-electron chi connectivity index (χ1n) is 16.3. The van der Waals surface area contributed by atoms with Crippen molar-refractivity contribution in [3.8, 4) is 0 Å². The maximum absolute atomic E-state index is 11.8. The van der Waals surface area contributed by atoms with Crippen LogP contribution in [0.3, 0.4) is 0 Å². The van der Waals surface area contributed by atoms with E-state index in [9.17, 15) is 4.79 Å². The summed E-state index contributed by atoms with van der Waals surface area (Å²) in [6.07, 6.45) is 26.3. The van der Waals surface area contributed by atoms with Crippen LogP contribution < -0.4 is 10.6 Å². The van der Waals surface area contributed by atoms with Gasteiger partial charge in [-0.25, -0.2) is 0 Å². The molecule has 0 spiro atoms. The summed E-state index contributed by atoms with van der Waals surface area (Å²) < 4.78 is 11.7. The van der Waals surface area contributed by atoms with E-state index in [1.807, 2.05) is 12.2 Å². The van der Waals surface area contributed by atoms with E-state index >= 15 is 0 Å². The Labute approximate surface area is 242 Å². The molecule has 5 nitrogen and oxygen atoms in total. The molecule has 0 aromatic rings. The largest absolute Gasteiger partial charge is 0.495 e. The number of allylic oxidation sites excluding steroid dienone is 2. The number of hydrogen-bond acceptors (Lipinski definition) is 4. The van der Waals surface area contributed by atoms with Gasteiger partial charge in [-0.15, -0.1) is 0 Å². The second-order valence-corrected chi connectivity index (χ2v) is 10.9. The van der Waals surface area contributed by atoms with Crippen LogP contribution in [0, 0.1) is 0 Å². The van der Waals surface area contributed by atoms with Gasteiger partial charge in [0.2, 0.25) is 5.91 Å². The Morgan fingerprint density at radius 1 is 0.744 bits per heavy atom. The van der Waals surface area contributed by atoms with Crippen LogP contribution >= 0.6 is 0 Å². The summed E-state index contributed by atoms with van der Waals surface area (Å²) in [5.74, 6) is 0.932. The van der Waals surface area contributed by atoms with Crippen molar-refractivity contribution in [1.82, 2.24) is 10.6 Å². The molecule has 1 amide bonds. The van der Waals surface area contributed by atoms with Crippen molar-refractivity contribution >= 4 is 5.91 Å². The summed E-state index contributed by atoms with van der Waals surface area (Å²) in [5.41, 5.74) is 0.887. The van der Waals surface area contributed by atoms with Crippen molar-refractivity contribution in [2.24, 2.45) is 0 Å². The molecule has 0 saturated carbocycles. The van der Waals surface area contributed by atoms with Gasteiger partial charge < -0.3 is 20.1 Å². The molecule has 39 heavy (non-hydrogen) atoms. The minimum absolute atomic E-state index is 0.0652. The van der Waals surface area contributed by atoms with Crippen molar-refractivity contribution in [1.29, 1.82) is 0 Å². The van der Waals surface area contributed by atoms with Gasteiger partial charge >= 0.3 is 0 Å². The number of ether oxygens (including phenoxy) is 2. The van der Waals surface area contributed by atoms with Crippen LogP contribution in [0.1, 0.15) is 136 Å². The van der Waals surface area contributed by atoms with E-state index in [0.29, 0.717) is 19.3 Å². The number of nitrogens with one attached hydrogen (secondary N) is 2. The molecule has 0 aliphatic carbocycles. The molecule has 0 aliphatic heterocycles. The summed E-state index contributed by atoms with van der Waals surface area (Å²) in [4.78, 5) is 11.8. The van der Waals surface area contributed by atoms with Crippen LogP contribution in [0.5, 0.6) is 0 Å². The third-order valence-corrected chi connectivity index (χ3v) is 6.86. The summed E-state index contributed by atoms with van der Waals surface area (Å²) in [5, 5.41) is 6.38. The lowest BCUT2D eigenvalue weighted by Crippen LogP contribution is -2.30. The number of rotatable bonds is 30. The topological polar surface area (TPSA) is 59.6 Å². The molecule has 0 saturated heterocycles. The van der Waals surface area contributed by atoms with Crippen LogP contribution in [0.2, 0.25) is 0 Å². The fraction of sp³-hybridized carbons (Fsp3) is 0.794. The van der Waals surface area contributed by atoms with Gasteiger partial charge in [0.05, 0.1) is 18.5 Å². The quantitative estimate of drug-likeness (QED) is 0.0535. The standard InChI is InChI=1S/C34H64N2O3/c1-6-9-12-13-16-19-25-33(24-11-8-3)39-32(5)23-18-15-14-17-20-26-35-27-21-28-36-34(37)30-38-29-31(4)22-10-7-2/h10,22,33,35H,4-9,11-21,23-30H2,1-3H3,(H,36,37)/b22-10-. The van der Waals surface area contributed by atoms with Crippen molar-refractivity contribution in [2.45, 2.75) is 142 Å². The van der Waals surface area contributed by atoms with Crippen molar-refractivity contribution in [2.75, 3.05) is 32.8 Å².